The van der Waals surface area contributed by atoms with Gasteiger partial charge in [0.2, 0.25) is 5.91 Å². The molecule has 1 heterocycles. The molecule has 0 aromatic heterocycles. The highest BCUT2D eigenvalue weighted by molar-refractivity contribution is 5.83. The maximum Gasteiger partial charge on any atom is 0.226 e. The molecular weight excluding hydrogens is 272 g/mol. The highest BCUT2D eigenvalue weighted by atomic mass is 16.2. The van der Waals surface area contributed by atoms with Crippen molar-refractivity contribution in [1.82, 2.24) is 4.90 Å². The Balaban J connectivity index is 1.63. The average molecular weight is 300 g/mol. The first-order valence-electron chi connectivity index (χ1n) is 8.61. The molecule has 3 nitrogen and oxygen atoms in total. The summed E-state index contributed by atoms with van der Waals surface area (Å²) >= 11 is 0. The van der Waals surface area contributed by atoms with E-state index in [4.69, 9.17) is 5.73 Å². The van der Waals surface area contributed by atoms with Crippen LogP contribution in [0.2, 0.25) is 0 Å². The molecule has 1 aliphatic carbocycles. The lowest BCUT2D eigenvalue weighted by Crippen LogP contribution is -2.35. The van der Waals surface area contributed by atoms with E-state index < -0.39 is 0 Å². The Morgan fingerprint density at radius 2 is 1.95 bits per heavy atom. The molecule has 1 amide bonds. The van der Waals surface area contributed by atoms with Crippen LogP contribution in [0.3, 0.4) is 0 Å². The molecule has 1 aromatic carbocycles. The van der Waals surface area contributed by atoms with Crippen LogP contribution in [0.1, 0.15) is 56.6 Å². The fraction of sp³-hybridized carbons (Fsp3) is 0.632. The number of benzene rings is 1. The molecule has 1 saturated heterocycles. The van der Waals surface area contributed by atoms with Crippen molar-refractivity contribution in [2.24, 2.45) is 17.6 Å². The molecule has 1 aromatic rings. The van der Waals surface area contributed by atoms with Crippen molar-refractivity contribution in [3.8, 4) is 0 Å². The lowest BCUT2D eigenvalue weighted by molar-refractivity contribution is -0.133. The standard InChI is InChI=1S/C19H28N2O/c1-12(2)15-4-6-16(7-5-15)17-9-18(17)19(22)21-11-14(10-20)8-13(21)3/h4-7,12-14,17-18H,8-11,20H2,1-3H3. The highest BCUT2D eigenvalue weighted by Gasteiger charge is 2.47. The number of nitrogens with zero attached hydrogens (tertiary/aromatic N) is 1. The number of amides is 1. The molecule has 2 fully saturated rings. The van der Waals surface area contributed by atoms with Gasteiger partial charge in [0.1, 0.15) is 0 Å². The minimum atomic E-state index is 0.198. The Kier molecular flexibility index (Phi) is 4.26. The smallest absolute Gasteiger partial charge is 0.226 e. The fourth-order valence-corrected chi connectivity index (χ4v) is 3.80. The maximum absolute atomic E-state index is 12.7. The zero-order chi connectivity index (χ0) is 15.9. The summed E-state index contributed by atoms with van der Waals surface area (Å²) in [4.78, 5) is 14.8. The monoisotopic (exact) mass is 300 g/mol. The molecule has 3 rings (SSSR count). The molecular formula is C19H28N2O. The molecule has 4 unspecified atom stereocenters. The summed E-state index contributed by atoms with van der Waals surface area (Å²) < 4.78 is 0. The molecule has 1 saturated carbocycles. The summed E-state index contributed by atoms with van der Waals surface area (Å²) in [6.45, 7) is 8.12. The molecule has 3 heteroatoms. The number of rotatable bonds is 4. The van der Waals surface area contributed by atoms with E-state index in [1.54, 1.807) is 0 Å². The van der Waals surface area contributed by atoms with E-state index in [2.05, 4.69) is 49.9 Å². The number of hydrogen-bond donors (Lipinski definition) is 1. The van der Waals surface area contributed by atoms with Crippen LogP contribution in [-0.4, -0.2) is 29.9 Å². The number of hydrogen-bond acceptors (Lipinski definition) is 2. The van der Waals surface area contributed by atoms with Gasteiger partial charge in [-0.25, -0.2) is 0 Å². The van der Waals surface area contributed by atoms with E-state index in [9.17, 15) is 4.79 Å². The lowest BCUT2D eigenvalue weighted by Gasteiger charge is -2.21. The summed E-state index contributed by atoms with van der Waals surface area (Å²) in [5, 5.41) is 0. The molecule has 120 valence electrons. The van der Waals surface area contributed by atoms with Gasteiger partial charge in [0, 0.05) is 18.5 Å². The van der Waals surface area contributed by atoms with Gasteiger partial charge in [-0.2, -0.15) is 0 Å². The zero-order valence-corrected chi connectivity index (χ0v) is 14.0. The van der Waals surface area contributed by atoms with Crippen LogP contribution in [-0.2, 0) is 4.79 Å². The van der Waals surface area contributed by atoms with E-state index in [1.165, 1.54) is 11.1 Å². The fourth-order valence-electron chi connectivity index (χ4n) is 3.80. The first-order valence-corrected chi connectivity index (χ1v) is 8.61. The maximum atomic E-state index is 12.7. The largest absolute Gasteiger partial charge is 0.339 e. The first kappa shape index (κ1) is 15.5. The van der Waals surface area contributed by atoms with E-state index in [1.807, 2.05) is 0 Å². The van der Waals surface area contributed by atoms with E-state index in [0.29, 0.717) is 36.2 Å². The van der Waals surface area contributed by atoms with Crippen LogP contribution in [0.15, 0.2) is 24.3 Å². The second-order valence-electron chi connectivity index (χ2n) is 7.45. The molecule has 0 bridgehead atoms. The second kappa shape index (κ2) is 6.04. The van der Waals surface area contributed by atoms with Crippen molar-refractivity contribution in [3.63, 3.8) is 0 Å². The predicted octanol–water partition coefficient (Wildman–Crippen LogP) is 3.11. The SMILES string of the molecule is CC(C)c1ccc(C2CC2C(=O)N2CC(CN)CC2C)cc1. The van der Waals surface area contributed by atoms with Crippen LogP contribution in [0.4, 0.5) is 0 Å². The van der Waals surface area contributed by atoms with E-state index in [-0.39, 0.29) is 5.92 Å². The zero-order valence-electron chi connectivity index (χ0n) is 14.0. The molecule has 22 heavy (non-hydrogen) atoms. The topological polar surface area (TPSA) is 46.3 Å². The number of nitrogens with two attached hydrogens (primary N) is 1. The predicted molar refractivity (Wildman–Crippen MR) is 89.7 cm³/mol. The summed E-state index contributed by atoms with van der Waals surface area (Å²) in [7, 11) is 0. The summed E-state index contributed by atoms with van der Waals surface area (Å²) in [6, 6.07) is 9.20. The Morgan fingerprint density at radius 1 is 1.27 bits per heavy atom. The molecule has 1 aliphatic heterocycles. The third kappa shape index (κ3) is 2.91. The van der Waals surface area contributed by atoms with Crippen LogP contribution in [0.5, 0.6) is 0 Å². The van der Waals surface area contributed by atoms with Gasteiger partial charge in [-0.3, -0.25) is 4.79 Å². The van der Waals surface area contributed by atoms with Crippen LogP contribution < -0.4 is 5.73 Å². The lowest BCUT2D eigenvalue weighted by atomic mass is 10.00. The Bertz CT molecular complexity index is 537. The van der Waals surface area contributed by atoms with Crippen LogP contribution in [0, 0.1) is 11.8 Å². The third-order valence-electron chi connectivity index (χ3n) is 5.42. The highest BCUT2D eigenvalue weighted by Crippen LogP contribution is 2.49. The average Bonchev–Trinajstić information content (AvgIpc) is 3.23. The van der Waals surface area contributed by atoms with Crippen LogP contribution in [0.25, 0.3) is 0 Å². The van der Waals surface area contributed by atoms with Crippen molar-refractivity contribution in [2.75, 3.05) is 13.1 Å². The summed E-state index contributed by atoms with van der Waals surface area (Å²) in [6.07, 6.45) is 2.07. The third-order valence-corrected chi connectivity index (χ3v) is 5.42. The first-order chi connectivity index (χ1) is 10.5. The van der Waals surface area contributed by atoms with Crippen molar-refractivity contribution in [3.05, 3.63) is 35.4 Å². The Morgan fingerprint density at radius 3 is 2.50 bits per heavy atom. The summed E-state index contributed by atoms with van der Waals surface area (Å²) in [5.41, 5.74) is 8.46. The molecule has 2 N–H and O–H groups in total. The minimum absolute atomic E-state index is 0.198. The summed E-state index contributed by atoms with van der Waals surface area (Å²) in [5.74, 6) is 2.02. The van der Waals surface area contributed by atoms with Crippen molar-refractivity contribution >= 4 is 5.91 Å². The van der Waals surface area contributed by atoms with Gasteiger partial charge in [0.25, 0.3) is 0 Å². The van der Waals surface area contributed by atoms with Gasteiger partial charge in [-0.05, 0) is 55.2 Å². The van der Waals surface area contributed by atoms with E-state index >= 15 is 0 Å². The minimum Gasteiger partial charge on any atom is -0.339 e. The van der Waals surface area contributed by atoms with Gasteiger partial charge in [-0.1, -0.05) is 38.1 Å². The van der Waals surface area contributed by atoms with Crippen molar-refractivity contribution in [2.45, 2.75) is 51.5 Å². The van der Waals surface area contributed by atoms with Gasteiger partial charge < -0.3 is 10.6 Å². The Hall–Kier alpha value is -1.35. The molecule has 2 aliphatic rings. The van der Waals surface area contributed by atoms with Crippen LogP contribution >= 0.6 is 0 Å². The molecule has 0 radical (unpaired) electrons. The van der Waals surface area contributed by atoms with Gasteiger partial charge in [-0.15, -0.1) is 0 Å². The normalized spacial score (nSPS) is 30.9. The number of likely N-dealkylation sites (tertiary alicyclic amines) is 1. The van der Waals surface area contributed by atoms with Gasteiger partial charge in [0.05, 0.1) is 0 Å². The Labute approximate surface area is 133 Å². The quantitative estimate of drug-likeness (QED) is 0.928. The van der Waals surface area contributed by atoms with Crippen molar-refractivity contribution < 1.29 is 4.79 Å². The number of carbonyl (C=O) groups excluding carboxylic acids is 1. The van der Waals surface area contributed by atoms with Gasteiger partial charge in [0.15, 0.2) is 0 Å². The van der Waals surface area contributed by atoms with Crippen molar-refractivity contribution in [1.29, 1.82) is 0 Å². The van der Waals surface area contributed by atoms with Gasteiger partial charge >= 0.3 is 0 Å². The molecule has 0 spiro atoms. The second-order valence-corrected chi connectivity index (χ2v) is 7.45. The van der Waals surface area contributed by atoms with E-state index in [0.717, 1.165) is 19.4 Å². The number of carbonyl (C=O) groups is 1. The molecule has 4 atom stereocenters.